The number of fused-ring (bicyclic) bond motifs is 1. The molecule has 5 rings (SSSR count). The number of carbonyl (C=O) groups is 1. The summed E-state index contributed by atoms with van der Waals surface area (Å²) in [4.78, 5) is 11.9. The Morgan fingerprint density at radius 3 is 1.91 bits per heavy atom. The van der Waals surface area contributed by atoms with Crippen LogP contribution < -0.4 is 22.2 Å². The fourth-order valence-corrected chi connectivity index (χ4v) is 5.49. The first kappa shape index (κ1) is 32.1. The van der Waals surface area contributed by atoms with Gasteiger partial charge in [0.05, 0.1) is 30.8 Å². The maximum atomic E-state index is 13.4. The number of benzene rings is 5. The number of carbonyl (C=O) groups excluding carboxylic acids is 1. The van der Waals surface area contributed by atoms with E-state index in [1.807, 2.05) is 0 Å². The van der Waals surface area contributed by atoms with E-state index in [2.05, 4.69) is 46.1 Å². The van der Waals surface area contributed by atoms with Crippen LogP contribution in [0.4, 0.5) is 28.4 Å². The predicted octanol–water partition coefficient (Wildman–Crippen LogP) is 4.15. The van der Waals surface area contributed by atoms with Crippen molar-refractivity contribution in [2.75, 3.05) is 5.32 Å². The highest BCUT2D eigenvalue weighted by atomic mass is 32.3. The molecule has 0 spiro atoms. The Bertz CT molecular complexity index is 2130. The number of anilines is 1. The zero-order chi connectivity index (χ0) is 32.9. The molecule has 0 saturated heterocycles. The first-order valence-electron chi connectivity index (χ1n) is 13.1. The number of quaternary nitrogens is 2. The summed E-state index contributed by atoms with van der Waals surface area (Å²) in [5.74, 6) is 4.78. The molecule has 5 aromatic rings. The van der Waals surface area contributed by atoms with E-state index < -0.39 is 36.9 Å². The highest BCUT2D eigenvalue weighted by molar-refractivity contribution is 7.93. The molecule has 1 amide bonds. The highest BCUT2D eigenvalue weighted by Gasteiger charge is 2.41. The van der Waals surface area contributed by atoms with E-state index in [0.717, 1.165) is 0 Å². The smallest absolute Gasteiger partial charge is 0.484 e. The molecular weight excluding hydrogens is 638 g/mol. The summed E-state index contributed by atoms with van der Waals surface area (Å²) in [6.45, 7) is 0. The topological polar surface area (TPSA) is 246 Å². The van der Waals surface area contributed by atoms with E-state index >= 15 is 0 Å². The third kappa shape index (κ3) is 7.16. The average molecular weight is 663 g/mol. The molecule has 0 bridgehead atoms. The molecule has 233 valence electrons. The van der Waals surface area contributed by atoms with Crippen LogP contribution >= 0.6 is 0 Å². The summed E-state index contributed by atoms with van der Waals surface area (Å²) in [5.41, 5.74) is 1.31. The molecule has 0 aliphatic rings. The number of amides is 1. The summed E-state index contributed by atoms with van der Waals surface area (Å²) < 4.78 is 57.5. The lowest BCUT2D eigenvalue weighted by molar-refractivity contribution is -0.637. The molecule has 7 N–H and O–H groups in total. The van der Waals surface area contributed by atoms with Gasteiger partial charge in [0.1, 0.15) is 5.69 Å². The molecule has 15 nitrogen and oxygen atoms in total. The summed E-state index contributed by atoms with van der Waals surface area (Å²) in [7, 11) is -8.43. The van der Waals surface area contributed by atoms with Crippen molar-refractivity contribution < 1.29 is 47.4 Å². The van der Waals surface area contributed by atoms with Crippen LogP contribution in [-0.2, 0) is 37.9 Å². The van der Waals surface area contributed by atoms with Crippen LogP contribution in [0.2, 0.25) is 0 Å². The first-order valence-corrected chi connectivity index (χ1v) is 15.9. The molecular formula is C29H24N7O8S2+2. The third-order valence-corrected chi connectivity index (χ3v) is 8.75. The maximum absolute atomic E-state index is 13.4. The summed E-state index contributed by atoms with van der Waals surface area (Å²) >= 11 is 0. The van der Waals surface area contributed by atoms with E-state index in [4.69, 9.17) is 0 Å². The number of hydrogen-bond donors (Lipinski definition) is 3. The van der Waals surface area contributed by atoms with Gasteiger partial charge in [-0.1, -0.05) is 34.3 Å². The van der Waals surface area contributed by atoms with E-state index in [0.29, 0.717) is 22.6 Å². The quantitative estimate of drug-likeness (QED) is 0.112. The maximum Gasteiger partial charge on any atom is 0.484 e. The van der Waals surface area contributed by atoms with Crippen molar-refractivity contribution in [2.45, 2.75) is 9.79 Å². The second-order valence-corrected chi connectivity index (χ2v) is 12.6. The molecule has 0 aliphatic carbocycles. The van der Waals surface area contributed by atoms with Crippen LogP contribution in [0.15, 0.2) is 133 Å². The van der Waals surface area contributed by atoms with Crippen molar-refractivity contribution in [1.29, 1.82) is 0 Å². The SMILES string of the molecule is [NH3+]OS(=O)(=O)c1ccc(N=Nc2ccc(N=Nc3c([S+]([O])(=O)O[NH3+])cc4cc(NC(=O)c5ccccc5)ccc4c3[O-])cc2)cc1. The van der Waals surface area contributed by atoms with Gasteiger partial charge in [-0.15, -0.1) is 5.11 Å². The lowest BCUT2D eigenvalue weighted by Crippen LogP contribution is -2.52. The van der Waals surface area contributed by atoms with Gasteiger partial charge in [-0.3, -0.25) is 4.79 Å². The van der Waals surface area contributed by atoms with E-state index in [-0.39, 0.29) is 27.3 Å². The third-order valence-electron chi connectivity index (χ3n) is 6.43. The van der Waals surface area contributed by atoms with Gasteiger partial charge in [0.2, 0.25) is 0 Å². The molecule has 1 atom stereocenters. The number of azo groups is 2. The van der Waals surface area contributed by atoms with Gasteiger partial charge < -0.3 is 10.4 Å². The minimum absolute atomic E-state index is 0.0846. The van der Waals surface area contributed by atoms with E-state index in [1.165, 1.54) is 60.7 Å². The van der Waals surface area contributed by atoms with Crippen molar-refractivity contribution in [3.05, 3.63) is 109 Å². The number of hydrogen-bond acceptors (Lipinski definition) is 11. The Hall–Kier alpha value is -5.27. The van der Waals surface area contributed by atoms with Crippen molar-refractivity contribution in [3.63, 3.8) is 0 Å². The average Bonchev–Trinajstić information content (AvgIpc) is 3.07. The van der Waals surface area contributed by atoms with E-state index in [9.17, 15) is 27.1 Å². The lowest BCUT2D eigenvalue weighted by Gasteiger charge is -2.15. The van der Waals surface area contributed by atoms with Gasteiger partial charge in [-0.2, -0.15) is 35.6 Å². The summed E-state index contributed by atoms with van der Waals surface area (Å²) in [6.07, 6.45) is 0. The normalized spacial score (nSPS) is 13.3. The van der Waals surface area contributed by atoms with Gasteiger partial charge in [0.25, 0.3) is 10.8 Å². The van der Waals surface area contributed by atoms with Gasteiger partial charge in [-0.25, -0.2) is 0 Å². The predicted molar refractivity (Wildman–Crippen MR) is 161 cm³/mol. The van der Waals surface area contributed by atoms with Gasteiger partial charge in [0, 0.05) is 17.3 Å². The Balaban J connectivity index is 1.39. The number of nitrogens with one attached hydrogen (secondary N) is 1. The molecule has 17 heteroatoms. The summed E-state index contributed by atoms with van der Waals surface area (Å²) in [6, 6.07) is 25.7. The van der Waals surface area contributed by atoms with Gasteiger partial charge >= 0.3 is 20.6 Å². The molecule has 0 heterocycles. The number of nitrogens with zero attached hydrogens (tertiary/aromatic N) is 4. The standard InChI is InChI=1S/C29H23N7O8S2/c30-43-45(39,40)24-13-10-22(11-14-24)34-33-20-6-8-21(9-7-20)35-36-27-26(46(41,42)44-31)17-19-16-23(12-15-25(19)28(27)37)32-29(38)18-4-2-1-3-5-18/h1-17H,30-31H3/q+1/p+1. The van der Waals surface area contributed by atoms with Crippen molar-refractivity contribution >= 4 is 65.7 Å². The molecule has 0 aromatic heterocycles. The Kier molecular flexibility index (Phi) is 9.35. The molecule has 5 aromatic carbocycles. The van der Waals surface area contributed by atoms with Gasteiger partial charge in [-0.05, 0) is 87.8 Å². The van der Waals surface area contributed by atoms with E-state index in [1.54, 1.807) is 42.5 Å². The minimum atomic E-state index is -4.50. The molecule has 46 heavy (non-hydrogen) atoms. The van der Waals surface area contributed by atoms with Crippen LogP contribution in [-0.4, -0.2) is 14.3 Å². The highest BCUT2D eigenvalue weighted by Crippen LogP contribution is 2.42. The van der Waals surface area contributed by atoms with Crippen LogP contribution in [0, 0.1) is 0 Å². The Morgan fingerprint density at radius 1 is 0.783 bits per heavy atom. The number of rotatable bonds is 10. The second kappa shape index (κ2) is 13.4. The van der Waals surface area contributed by atoms with Crippen molar-refractivity contribution in [2.24, 2.45) is 20.5 Å². The molecule has 1 unspecified atom stereocenters. The van der Waals surface area contributed by atoms with Crippen LogP contribution in [0.3, 0.4) is 0 Å². The molecule has 0 aliphatic heterocycles. The molecule has 1 radical (unpaired) electrons. The Labute approximate surface area is 262 Å². The molecule has 0 fully saturated rings. The Morgan fingerprint density at radius 2 is 1.35 bits per heavy atom. The van der Waals surface area contributed by atoms with Crippen molar-refractivity contribution in [3.8, 4) is 5.75 Å². The van der Waals surface area contributed by atoms with Gasteiger partial charge in [0.15, 0.2) is 0 Å². The second-order valence-electron chi connectivity index (χ2n) is 9.36. The fourth-order valence-electron chi connectivity index (χ4n) is 4.11. The zero-order valence-corrected chi connectivity index (χ0v) is 25.2. The first-order chi connectivity index (χ1) is 22.0. The fraction of sp³-hybridized carbons (Fsp3) is 0. The van der Waals surface area contributed by atoms with Crippen LogP contribution in [0.25, 0.3) is 10.8 Å². The van der Waals surface area contributed by atoms with Crippen molar-refractivity contribution in [1.82, 2.24) is 0 Å². The minimum Gasteiger partial charge on any atom is -0.870 e. The van der Waals surface area contributed by atoms with Crippen LogP contribution in [0.5, 0.6) is 5.75 Å². The monoisotopic (exact) mass is 662 g/mol. The van der Waals surface area contributed by atoms with Crippen LogP contribution in [0.1, 0.15) is 10.4 Å². The zero-order valence-electron chi connectivity index (χ0n) is 23.6. The largest absolute Gasteiger partial charge is 0.870 e. The molecule has 0 saturated carbocycles. The lowest BCUT2D eigenvalue weighted by atomic mass is 10.1. The summed E-state index contributed by atoms with van der Waals surface area (Å²) in [5, 5.41) is 32.6.